The van der Waals surface area contributed by atoms with Crippen molar-refractivity contribution < 1.29 is 32.4 Å². The number of nitrogens with zero attached hydrogens (tertiary/aromatic N) is 2. The smallest absolute Gasteiger partial charge is 0.323 e. The summed E-state index contributed by atoms with van der Waals surface area (Å²) in [5.74, 6) is -2.47. The monoisotopic (exact) mass is 432 g/mol. The summed E-state index contributed by atoms with van der Waals surface area (Å²) < 4.78 is 38.2. The number of hydrogen-bond acceptors (Lipinski definition) is 6. The van der Waals surface area contributed by atoms with Crippen LogP contribution in [-0.4, -0.2) is 27.8 Å². The van der Waals surface area contributed by atoms with E-state index in [0.29, 0.717) is 15.6 Å². The third-order valence-electron chi connectivity index (χ3n) is 4.37. The fourth-order valence-corrected chi connectivity index (χ4v) is 3.83. The summed E-state index contributed by atoms with van der Waals surface area (Å²) in [6.07, 6.45) is -4.46. The van der Waals surface area contributed by atoms with Gasteiger partial charge >= 0.3 is 12.1 Å². The normalized spacial score (nSPS) is 13.5. The Morgan fingerprint density at radius 2 is 1.57 bits per heavy atom. The van der Waals surface area contributed by atoms with Crippen LogP contribution in [-0.2, 0) is 11.0 Å². The fraction of sp³-hybridized carbons (Fsp3) is 0.100. The van der Waals surface area contributed by atoms with Crippen molar-refractivity contribution in [2.45, 2.75) is 13.1 Å². The van der Waals surface area contributed by atoms with Crippen LogP contribution in [0.3, 0.4) is 0 Å². The molecule has 0 spiro atoms. The molecule has 1 aliphatic heterocycles. The van der Waals surface area contributed by atoms with Crippen molar-refractivity contribution in [3.63, 3.8) is 0 Å². The predicted octanol–water partition coefficient (Wildman–Crippen LogP) is 4.51. The van der Waals surface area contributed by atoms with Crippen molar-refractivity contribution in [3.8, 4) is 10.6 Å². The summed E-state index contributed by atoms with van der Waals surface area (Å²) in [7, 11) is 0. The lowest BCUT2D eigenvalue weighted by molar-refractivity contribution is -0.137. The first-order valence-electron chi connectivity index (χ1n) is 8.52. The molecule has 30 heavy (non-hydrogen) atoms. The predicted molar refractivity (Wildman–Crippen MR) is 99.6 cm³/mol. The van der Waals surface area contributed by atoms with Crippen molar-refractivity contribution in [1.82, 2.24) is 10.0 Å². The van der Waals surface area contributed by atoms with Gasteiger partial charge in [0.2, 0.25) is 0 Å². The molecule has 0 bridgehead atoms. The van der Waals surface area contributed by atoms with Crippen LogP contribution in [0.4, 0.5) is 13.2 Å². The lowest BCUT2D eigenvalue weighted by Gasteiger charge is -2.11. The molecule has 0 N–H and O–H groups in total. The first-order valence-corrected chi connectivity index (χ1v) is 9.33. The highest BCUT2D eigenvalue weighted by atomic mass is 32.1. The maximum Gasteiger partial charge on any atom is 0.416 e. The van der Waals surface area contributed by atoms with Gasteiger partial charge in [0.1, 0.15) is 9.88 Å². The Kier molecular flexibility index (Phi) is 4.65. The van der Waals surface area contributed by atoms with Gasteiger partial charge in [-0.05, 0) is 31.2 Å². The maximum absolute atomic E-state index is 12.7. The van der Waals surface area contributed by atoms with Gasteiger partial charge in [-0.25, -0.2) is 9.78 Å². The topological polar surface area (TPSA) is 76.6 Å². The van der Waals surface area contributed by atoms with Crippen molar-refractivity contribution in [2.75, 3.05) is 0 Å². The van der Waals surface area contributed by atoms with Crippen LogP contribution in [0.1, 0.15) is 41.6 Å². The number of carbonyl (C=O) groups excluding carboxylic acids is 3. The molecule has 2 amide bonds. The molecule has 0 radical (unpaired) electrons. The summed E-state index contributed by atoms with van der Waals surface area (Å²) >= 11 is 0.888. The zero-order valence-electron chi connectivity index (χ0n) is 15.2. The minimum atomic E-state index is -4.46. The summed E-state index contributed by atoms with van der Waals surface area (Å²) in [5, 5.41) is 0.694. The Morgan fingerprint density at radius 3 is 2.10 bits per heavy atom. The Balaban J connectivity index is 1.56. The first kappa shape index (κ1) is 19.8. The van der Waals surface area contributed by atoms with Crippen LogP contribution < -0.4 is 0 Å². The van der Waals surface area contributed by atoms with E-state index in [2.05, 4.69) is 4.98 Å². The van der Waals surface area contributed by atoms with E-state index in [4.69, 9.17) is 4.84 Å². The lowest BCUT2D eigenvalue weighted by Crippen LogP contribution is -2.32. The summed E-state index contributed by atoms with van der Waals surface area (Å²) in [5.41, 5.74) is 0.0979. The molecule has 0 atom stereocenters. The van der Waals surface area contributed by atoms with Gasteiger partial charge in [0.05, 0.1) is 22.4 Å². The molecule has 3 aromatic rings. The standard InChI is InChI=1S/C20H11F3N2O4S/c1-10-15(30-16(24-10)11-6-8-12(9-7-11)20(21,22)23)19(28)29-25-17(26)13-4-2-3-5-14(13)18(25)27/h2-9H,1H3. The van der Waals surface area contributed by atoms with Gasteiger partial charge in [-0.1, -0.05) is 29.3 Å². The summed E-state index contributed by atoms with van der Waals surface area (Å²) in [6.45, 7) is 1.52. The number of halogens is 3. The van der Waals surface area contributed by atoms with Crippen LogP contribution in [0.2, 0.25) is 0 Å². The second kappa shape index (κ2) is 7.06. The molecule has 0 fully saturated rings. The van der Waals surface area contributed by atoms with Crippen LogP contribution in [0.5, 0.6) is 0 Å². The Bertz CT molecular complexity index is 1150. The quantitative estimate of drug-likeness (QED) is 0.570. The average Bonchev–Trinajstić information content (AvgIpc) is 3.21. The number of thiazole rings is 1. The van der Waals surface area contributed by atoms with Crippen molar-refractivity contribution >= 4 is 29.1 Å². The average molecular weight is 432 g/mol. The highest BCUT2D eigenvalue weighted by Crippen LogP contribution is 2.33. The minimum Gasteiger partial charge on any atom is -0.323 e. The van der Waals surface area contributed by atoms with E-state index in [1.165, 1.54) is 31.2 Å². The largest absolute Gasteiger partial charge is 0.416 e. The molecule has 0 saturated carbocycles. The molecule has 10 heteroatoms. The van der Waals surface area contributed by atoms with Crippen LogP contribution in [0.25, 0.3) is 10.6 Å². The number of alkyl halides is 3. The molecular formula is C20H11F3N2O4S. The van der Waals surface area contributed by atoms with Crippen LogP contribution in [0.15, 0.2) is 48.5 Å². The number of amides is 2. The van der Waals surface area contributed by atoms with Gasteiger partial charge in [0.25, 0.3) is 11.8 Å². The molecular weight excluding hydrogens is 421 g/mol. The number of hydrogen-bond donors (Lipinski definition) is 0. The number of carbonyl (C=O) groups is 3. The summed E-state index contributed by atoms with van der Waals surface area (Å²) in [6, 6.07) is 10.4. The Morgan fingerprint density at radius 1 is 1.00 bits per heavy atom. The molecule has 152 valence electrons. The number of benzene rings is 2. The van der Waals surface area contributed by atoms with E-state index in [9.17, 15) is 27.6 Å². The zero-order valence-corrected chi connectivity index (χ0v) is 16.0. The van der Waals surface area contributed by atoms with E-state index in [0.717, 1.165) is 23.5 Å². The highest BCUT2D eigenvalue weighted by molar-refractivity contribution is 7.17. The maximum atomic E-state index is 12.7. The molecule has 0 saturated heterocycles. The van der Waals surface area contributed by atoms with Gasteiger partial charge < -0.3 is 4.84 Å². The number of imide groups is 1. The van der Waals surface area contributed by atoms with Gasteiger partial charge in [0.15, 0.2) is 0 Å². The van der Waals surface area contributed by atoms with E-state index in [1.54, 1.807) is 12.1 Å². The zero-order chi connectivity index (χ0) is 21.6. The lowest BCUT2D eigenvalue weighted by atomic mass is 10.1. The van der Waals surface area contributed by atoms with Gasteiger partial charge in [-0.15, -0.1) is 11.3 Å². The molecule has 1 aliphatic rings. The van der Waals surface area contributed by atoms with E-state index >= 15 is 0 Å². The van der Waals surface area contributed by atoms with E-state index in [-0.39, 0.29) is 21.7 Å². The molecule has 6 nitrogen and oxygen atoms in total. The third-order valence-corrected chi connectivity index (χ3v) is 5.56. The Hall–Kier alpha value is -3.53. The van der Waals surface area contributed by atoms with Crippen LogP contribution >= 0.6 is 11.3 Å². The molecule has 2 heterocycles. The number of fused-ring (bicyclic) bond motifs is 1. The van der Waals surface area contributed by atoms with Crippen molar-refractivity contribution in [1.29, 1.82) is 0 Å². The van der Waals surface area contributed by atoms with E-state index in [1.807, 2.05) is 0 Å². The highest BCUT2D eigenvalue weighted by Gasteiger charge is 2.39. The second-order valence-electron chi connectivity index (χ2n) is 6.34. The van der Waals surface area contributed by atoms with Crippen molar-refractivity contribution in [2.24, 2.45) is 0 Å². The van der Waals surface area contributed by atoms with Gasteiger partial charge in [-0.3, -0.25) is 9.59 Å². The van der Waals surface area contributed by atoms with Gasteiger partial charge in [0, 0.05) is 5.56 Å². The molecule has 0 aliphatic carbocycles. The Labute approximate surface area is 171 Å². The summed E-state index contributed by atoms with van der Waals surface area (Å²) in [4.78, 5) is 46.4. The SMILES string of the molecule is Cc1nc(-c2ccc(C(F)(F)F)cc2)sc1C(=O)ON1C(=O)c2ccccc2C1=O. The van der Waals surface area contributed by atoms with Crippen LogP contribution in [0, 0.1) is 6.92 Å². The van der Waals surface area contributed by atoms with Gasteiger partial charge in [-0.2, -0.15) is 13.2 Å². The molecule has 0 unspecified atom stereocenters. The second-order valence-corrected chi connectivity index (χ2v) is 7.34. The number of aryl methyl sites for hydroxylation is 1. The number of aromatic nitrogens is 1. The third kappa shape index (κ3) is 3.35. The van der Waals surface area contributed by atoms with Crippen molar-refractivity contribution in [3.05, 3.63) is 75.8 Å². The fourth-order valence-electron chi connectivity index (χ4n) is 2.89. The molecule has 1 aromatic heterocycles. The molecule has 4 rings (SSSR count). The number of hydroxylamine groups is 2. The molecule has 2 aromatic carbocycles. The first-order chi connectivity index (χ1) is 14.2. The number of rotatable bonds is 3. The minimum absolute atomic E-state index is 0.0291. The van der Waals surface area contributed by atoms with E-state index < -0.39 is 29.5 Å².